The van der Waals surface area contributed by atoms with Gasteiger partial charge in [0, 0.05) is 6.61 Å². The SMILES string of the molecule is CCCOCC(C)(OCC(C)(C)O[Si](C)(C)C)O[Si](C)(C)C. The van der Waals surface area contributed by atoms with Crippen LogP contribution in [0.15, 0.2) is 0 Å². The first-order valence-corrected chi connectivity index (χ1v) is 15.1. The fourth-order valence-electron chi connectivity index (χ4n) is 2.33. The van der Waals surface area contributed by atoms with Crippen molar-refractivity contribution < 1.29 is 18.3 Å². The van der Waals surface area contributed by atoms with Gasteiger partial charge >= 0.3 is 0 Å². The molecule has 0 spiro atoms. The normalized spacial score (nSPS) is 16.6. The molecule has 1 unspecified atom stereocenters. The van der Waals surface area contributed by atoms with Crippen LogP contribution < -0.4 is 0 Å². The molecule has 0 heterocycles. The van der Waals surface area contributed by atoms with Crippen molar-refractivity contribution in [2.75, 3.05) is 19.8 Å². The molecule has 134 valence electrons. The Hall–Kier alpha value is 0.274. The van der Waals surface area contributed by atoms with Gasteiger partial charge in [0.05, 0.1) is 18.8 Å². The second-order valence-electron chi connectivity index (χ2n) is 8.66. The Morgan fingerprint density at radius 3 is 1.68 bits per heavy atom. The van der Waals surface area contributed by atoms with E-state index < -0.39 is 22.4 Å². The summed E-state index contributed by atoms with van der Waals surface area (Å²) in [6.45, 7) is 23.0. The number of hydrogen-bond acceptors (Lipinski definition) is 4. The van der Waals surface area contributed by atoms with Crippen molar-refractivity contribution in [2.24, 2.45) is 0 Å². The van der Waals surface area contributed by atoms with Gasteiger partial charge in [0.1, 0.15) is 0 Å². The summed E-state index contributed by atoms with van der Waals surface area (Å²) in [6.07, 6.45) is 0.993. The molecular formula is C16H38O4Si2. The smallest absolute Gasteiger partial charge is 0.187 e. The number of rotatable bonds is 11. The quantitative estimate of drug-likeness (QED) is 0.309. The van der Waals surface area contributed by atoms with Crippen LogP contribution in [0.1, 0.15) is 34.1 Å². The highest BCUT2D eigenvalue weighted by Gasteiger charge is 2.36. The minimum Gasteiger partial charge on any atom is -0.410 e. The van der Waals surface area contributed by atoms with Gasteiger partial charge in [-0.2, -0.15) is 0 Å². The van der Waals surface area contributed by atoms with Crippen LogP contribution in [0.2, 0.25) is 39.3 Å². The number of ether oxygens (including phenoxy) is 2. The second kappa shape index (κ2) is 8.39. The standard InChI is InChI=1S/C16H38O4Si2/c1-11-12-17-14-16(4,20-22(8,9)10)18-13-15(2,3)19-21(5,6)7/h11-14H2,1-10H3. The maximum atomic E-state index is 6.24. The third-order valence-electron chi connectivity index (χ3n) is 2.54. The van der Waals surface area contributed by atoms with Crippen LogP contribution in [0.3, 0.4) is 0 Å². The maximum Gasteiger partial charge on any atom is 0.187 e. The first kappa shape index (κ1) is 22.3. The minimum atomic E-state index is -1.73. The monoisotopic (exact) mass is 350 g/mol. The highest BCUT2D eigenvalue weighted by atomic mass is 28.4. The molecule has 0 radical (unpaired) electrons. The highest BCUT2D eigenvalue weighted by molar-refractivity contribution is 6.70. The lowest BCUT2D eigenvalue weighted by Gasteiger charge is -2.40. The molecule has 1 atom stereocenters. The van der Waals surface area contributed by atoms with Crippen LogP contribution in [-0.2, 0) is 18.3 Å². The summed E-state index contributed by atoms with van der Waals surface area (Å²) in [5.74, 6) is -0.709. The van der Waals surface area contributed by atoms with Crippen LogP contribution in [0.4, 0.5) is 0 Å². The molecule has 0 aromatic carbocycles. The maximum absolute atomic E-state index is 6.24. The molecule has 0 aliphatic carbocycles. The van der Waals surface area contributed by atoms with Gasteiger partial charge in [-0.1, -0.05) is 6.92 Å². The molecule has 0 N–H and O–H groups in total. The zero-order valence-corrected chi connectivity index (χ0v) is 18.5. The van der Waals surface area contributed by atoms with Crippen molar-refractivity contribution in [2.45, 2.75) is 84.8 Å². The molecule has 0 aromatic heterocycles. The third kappa shape index (κ3) is 11.8. The van der Waals surface area contributed by atoms with E-state index in [0.717, 1.165) is 13.0 Å². The molecule has 4 nitrogen and oxygen atoms in total. The van der Waals surface area contributed by atoms with E-state index in [1.54, 1.807) is 0 Å². The van der Waals surface area contributed by atoms with E-state index in [-0.39, 0.29) is 5.60 Å². The van der Waals surface area contributed by atoms with E-state index in [1.807, 2.05) is 6.92 Å². The van der Waals surface area contributed by atoms with Crippen molar-refractivity contribution in [3.05, 3.63) is 0 Å². The fraction of sp³-hybridized carbons (Fsp3) is 1.00. The van der Waals surface area contributed by atoms with Gasteiger partial charge in [-0.05, 0) is 66.5 Å². The fourth-order valence-corrected chi connectivity index (χ4v) is 5.46. The summed E-state index contributed by atoms with van der Waals surface area (Å²) >= 11 is 0. The van der Waals surface area contributed by atoms with E-state index in [1.165, 1.54) is 0 Å². The lowest BCUT2D eigenvalue weighted by Crippen LogP contribution is -2.50. The van der Waals surface area contributed by atoms with Crippen molar-refractivity contribution in [1.82, 2.24) is 0 Å². The topological polar surface area (TPSA) is 36.9 Å². The average molecular weight is 351 g/mol. The zero-order chi connectivity index (χ0) is 17.7. The molecule has 0 aliphatic heterocycles. The molecule has 6 heteroatoms. The van der Waals surface area contributed by atoms with E-state index >= 15 is 0 Å². The Kier molecular flexibility index (Phi) is 8.50. The number of hydrogen-bond donors (Lipinski definition) is 0. The summed E-state index contributed by atoms with van der Waals surface area (Å²) in [7, 11) is -3.34. The van der Waals surface area contributed by atoms with Gasteiger partial charge in [0.25, 0.3) is 0 Å². The molecule has 0 aromatic rings. The summed E-state index contributed by atoms with van der Waals surface area (Å²) < 4.78 is 24.3. The van der Waals surface area contributed by atoms with Gasteiger partial charge < -0.3 is 18.3 Å². The molecule has 0 amide bonds. The lowest BCUT2D eigenvalue weighted by molar-refractivity contribution is -0.225. The zero-order valence-electron chi connectivity index (χ0n) is 16.5. The van der Waals surface area contributed by atoms with Gasteiger partial charge in [0.15, 0.2) is 22.4 Å². The van der Waals surface area contributed by atoms with Crippen LogP contribution in [0, 0.1) is 0 Å². The molecular weight excluding hydrogens is 312 g/mol. The minimum absolute atomic E-state index is 0.320. The Bertz CT molecular complexity index is 321. The van der Waals surface area contributed by atoms with Crippen LogP contribution in [0.5, 0.6) is 0 Å². The predicted octanol–water partition coefficient (Wildman–Crippen LogP) is 4.63. The van der Waals surface area contributed by atoms with Crippen molar-refractivity contribution in [3.63, 3.8) is 0 Å². The summed E-state index contributed by atoms with van der Waals surface area (Å²) in [4.78, 5) is 0. The van der Waals surface area contributed by atoms with Gasteiger partial charge in [-0.15, -0.1) is 0 Å². The van der Waals surface area contributed by atoms with E-state index in [9.17, 15) is 0 Å². The molecule has 22 heavy (non-hydrogen) atoms. The van der Waals surface area contributed by atoms with Gasteiger partial charge in [0.2, 0.25) is 0 Å². The van der Waals surface area contributed by atoms with Gasteiger partial charge in [-0.3, -0.25) is 0 Å². The van der Waals surface area contributed by atoms with Crippen LogP contribution in [0.25, 0.3) is 0 Å². The molecule has 0 saturated heterocycles. The van der Waals surface area contributed by atoms with Gasteiger partial charge in [-0.25, -0.2) is 0 Å². The van der Waals surface area contributed by atoms with Crippen LogP contribution in [-0.4, -0.2) is 47.8 Å². The second-order valence-corrected chi connectivity index (χ2v) is 17.5. The lowest BCUT2D eigenvalue weighted by atomic mass is 10.1. The molecule has 0 bridgehead atoms. The summed E-state index contributed by atoms with van der Waals surface area (Å²) in [6, 6.07) is 0. The largest absolute Gasteiger partial charge is 0.410 e. The van der Waals surface area contributed by atoms with Crippen molar-refractivity contribution in [3.8, 4) is 0 Å². The summed E-state index contributed by atoms with van der Waals surface area (Å²) in [5, 5.41) is 0. The van der Waals surface area contributed by atoms with Crippen molar-refractivity contribution >= 4 is 16.6 Å². The molecule has 0 aliphatic rings. The Labute approximate surface area is 140 Å². The third-order valence-corrected chi connectivity index (χ3v) is 4.75. The van der Waals surface area contributed by atoms with Crippen molar-refractivity contribution in [1.29, 1.82) is 0 Å². The predicted molar refractivity (Wildman–Crippen MR) is 98.4 cm³/mol. The Morgan fingerprint density at radius 1 is 0.773 bits per heavy atom. The molecule has 0 fully saturated rings. The van der Waals surface area contributed by atoms with E-state index in [0.29, 0.717) is 13.2 Å². The molecule has 0 rings (SSSR count). The first-order chi connectivity index (χ1) is 9.68. The first-order valence-electron chi connectivity index (χ1n) is 8.30. The highest BCUT2D eigenvalue weighted by Crippen LogP contribution is 2.24. The Balaban J connectivity index is 4.76. The van der Waals surface area contributed by atoms with E-state index in [4.69, 9.17) is 18.3 Å². The average Bonchev–Trinajstić information content (AvgIpc) is 2.21. The summed E-state index contributed by atoms with van der Waals surface area (Å²) in [5.41, 5.74) is -0.320. The van der Waals surface area contributed by atoms with E-state index in [2.05, 4.69) is 60.1 Å². The molecule has 0 saturated carbocycles. The Morgan fingerprint density at radius 2 is 1.27 bits per heavy atom. The van der Waals surface area contributed by atoms with Crippen LogP contribution >= 0.6 is 0 Å².